The standard InChI is InChI=1S/C15H11N5O3S/c16-15-17-13(11-3-1-2-4-12(11)21)14(24-15)19-18-9-5-7-10(8-6-9)20(22)23/h1-8,21H,(H2,16,17). The molecule has 0 amide bonds. The molecule has 0 atom stereocenters. The number of hydrogen-bond donors (Lipinski definition) is 2. The van der Waals surface area contributed by atoms with Crippen LogP contribution in [0.25, 0.3) is 11.3 Å². The molecule has 8 nitrogen and oxygen atoms in total. The Morgan fingerprint density at radius 1 is 1.12 bits per heavy atom. The van der Waals surface area contributed by atoms with E-state index in [2.05, 4.69) is 15.2 Å². The predicted octanol–water partition coefficient (Wildman–Crippen LogP) is 4.42. The number of non-ortho nitro benzene ring substituents is 1. The summed E-state index contributed by atoms with van der Waals surface area (Å²) < 4.78 is 0. The van der Waals surface area contributed by atoms with Gasteiger partial charge in [-0.15, -0.1) is 10.2 Å². The van der Waals surface area contributed by atoms with Gasteiger partial charge in [-0.2, -0.15) is 0 Å². The second-order valence-corrected chi connectivity index (χ2v) is 5.71. The number of anilines is 1. The van der Waals surface area contributed by atoms with Crippen LogP contribution in [0.4, 0.5) is 21.5 Å². The average molecular weight is 341 g/mol. The molecule has 2 aromatic carbocycles. The molecule has 0 aliphatic rings. The van der Waals surface area contributed by atoms with Crippen LogP contribution in [0.5, 0.6) is 5.75 Å². The van der Waals surface area contributed by atoms with Crippen molar-refractivity contribution in [2.75, 3.05) is 5.73 Å². The molecule has 0 saturated heterocycles. The van der Waals surface area contributed by atoms with Gasteiger partial charge in [0, 0.05) is 17.7 Å². The number of nitrogens with two attached hydrogens (primary N) is 1. The number of azo groups is 1. The first-order valence-corrected chi connectivity index (χ1v) is 7.57. The molecule has 0 spiro atoms. The van der Waals surface area contributed by atoms with Crippen LogP contribution in [0, 0.1) is 10.1 Å². The number of nitro groups is 1. The van der Waals surface area contributed by atoms with E-state index in [1.807, 2.05) is 0 Å². The van der Waals surface area contributed by atoms with E-state index in [4.69, 9.17) is 5.73 Å². The molecule has 0 saturated carbocycles. The van der Waals surface area contributed by atoms with Crippen LogP contribution in [0.3, 0.4) is 0 Å². The summed E-state index contributed by atoms with van der Waals surface area (Å²) >= 11 is 1.13. The first-order valence-electron chi connectivity index (χ1n) is 6.75. The zero-order chi connectivity index (χ0) is 17.1. The van der Waals surface area contributed by atoms with Gasteiger partial charge < -0.3 is 10.8 Å². The number of aromatic hydroxyl groups is 1. The van der Waals surface area contributed by atoms with E-state index in [1.165, 1.54) is 24.3 Å². The highest BCUT2D eigenvalue weighted by atomic mass is 32.1. The number of rotatable bonds is 4. The Balaban J connectivity index is 1.93. The number of nitrogens with zero attached hydrogens (tertiary/aromatic N) is 4. The number of phenolic OH excluding ortho intramolecular Hbond substituents is 1. The van der Waals surface area contributed by atoms with Gasteiger partial charge in [0.1, 0.15) is 11.4 Å². The van der Waals surface area contributed by atoms with Crippen molar-refractivity contribution in [1.29, 1.82) is 0 Å². The van der Waals surface area contributed by atoms with Crippen LogP contribution in [0.2, 0.25) is 0 Å². The highest BCUT2D eigenvalue weighted by Crippen LogP contribution is 2.40. The van der Waals surface area contributed by atoms with Crippen molar-refractivity contribution in [3.05, 3.63) is 58.6 Å². The van der Waals surface area contributed by atoms with Crippen LogP contribution < -0.4 is 5.73 Å². The molecule has 120 valence electrons. The number of nitro benzene ring substituents is 1. The fraction of sp³-hybridized carbons (Fsp3) is 0. The van der Waals surface area contributed by atoms with Crippen LogP contribution in [0.15, 0.2) is 58.8 Å². The van der Waals surface area contributed by atoms with Crippen molar-refractivity contribution in [3.63, 3.8) is 0 Å². The lowest BCUT2D eigenvalue weighted by atomic mass is 10.1. The summed E-state index contributed by atoms with van der Waals surface area (Å²) in [5.41, 5.74) is 7.10. The van der Waals surface area contributed by atoms with Crippen molar-refractivity contribution >= 4 is 32.8 Å². The maximum Gasteiger partial charge on any atom is 0.269 e. The number of thiazole rings is 1. The van der Waals surface area contributed by atoms with Crippen LogP contribution in [0.1, 0.15) is 0 Å². The van der Waals surface area contributed by atoms with Crippen molar-refractivity contribution < 1.29 is 10.0 Å². The number of hydrogen-bond acceptors (Lipinski definition) is 8. The monoisotopic (exact) mass is 341 g/mol. The summed E-state index contributed by atoms with van der Waals surface area (Å²) in [6, 6.07) is 12.4. The molecule has 1 heterocycles. The largest absolute Gasteiger partial charge is 0.507 e. The minimum Gasteiger partial charge on any atom is -0.507 e. The van der Waals surface area contributed by atoms with Crippen molar-refractivity contribution in [2.24, 2.45) is 10.2 Å². The molecule has 0 aliphatic heterocycles. The zero-order valence-corrected chi connectivity index (χ0v) is 13.0. The Hall–Kier alpha value is -3.33. The Labute approximate surface area is 140 Å². The second-order valence-electron chi connectivity index (χ2n) is 4.70. The lowest BCUT2D eigenvalue weighted by Crippen LogP contribution is -1.85. The number of phenols is 1. The Kier molecular flexibility index (Phi) is 4.17. The van der Waals surface area contributed by atoms with Gasteiger partial charge in [-0.1, -0.05) is 23.5 Å². The van der Waals surface area contributed by atoms with E-state index in [-0.39, 0.29) is 11.4 Å². The molecule has 3 N–H and O–H groups in total. The molecule has 0 radical (unpaired) electrons. The number of benzene rings is 2. The van der Waals surface area contributed by atoms with E-state index in [0.717, 1.165) is 11.3 Å². The summed E-state index contributed by atoms with van der Waals surface area (Å²) in [5, 5.41) is 29.5. The maximum atomic E-state index is 10.6. The normalized spacial score (nSPS) is 11.0. The zero-order valence-electron chi connectivity index (χ0n) is 12.2. The molecular formula is C15H11N5O3S. The second kappa shape index (κ2) is 6.42. The number of para-hydroxylation sites is 1. The van der Waals surface area contributed by atoms with Crippen molar-refractivity contribution in [1.82, 2.24) is 4.98 Å². The smallest absolute Gasteiger partial charge is 0.269 e. The van der Waals surface area contributed by atoms with Crippen LogP contribution in [-0.4, -0.2) is 15.0 Å². The number of nitrogen functional groups attached to an aromatic ring is 1. The molecule has 0 bridgehead atoms. The topological polar surface area (TPSA) is 127 Å². The fourth-order valence-electron chi connectivity index (χ4n) is 1.99. The lowest BCUT2D eigenvalue weighted by Gasteiger charge is -2.01. The van der Waals surface area contributed by atoms with Gasteiger partial charge in [-0.05, 0) is 24.3 Å². The highest BCUT2D eigenvalue weighted by Gasteiger charge is 2.14. The molecule has 24 heavy (non-hydrogen) atoms. The summed E-state index contributed by atoms with van der Waals surface area (Å²) in [6.07, 6.45) is 0. The van der Waals surface area contributed by atoms with Gasteiger partial charge in [0.25, 0.3) is 5.69 Å². The fourth-order valence-corrected chi connectivity index (χ4v) is 2.66. The van der Waals surface area contributed by atoms with Gasteiger partial charge in [-0.3, -0.25) is 10.1 Å². The van der Waals surface area contributed by atoms with E-state index in [0.29, 0.717) is 27.1 Å². The van der Waals surface area contributed by atoms with Gasteiger partial charge in [-0.25, -0.2) is 4.98 Å². The summed E-state index contributed by atoms with van der Waals surface area (Å²) in [4.78, 5) is 14.3. The van der Waals surface area contributed by atoms with Crippen molar-refractivity contribution in [2.45, 2.75) is 0 Å². The third-order valence-electron chi connectivity index (χ3n) is 3.10. The Bertz CT molecular complexity index is 921. The first-order chi connectivity index (χ1) is 11.5. The minimum atomic E-state index is -0.485. The van der Waals surface area contributed by atoms with E-state index < -0.39 is 4.92 Å². The lowest BCUT2D eigenvalue weighted by molar-refractivity contribution is -0.384. The summed E-state index contributed by atoms with van der Waals surface area (Å²) in [6.45, 7) is 0. The van der Waals surface area contributed by atoms with Crippen LogP contribution >= 0.6 is 11.3 Å². The molecule has 3 aromatic rings. The SMILES string of the molecule is Nc1nc(-c2ccccc2O)c(N=Nc2ccc([N+](=O)[O-])cc2)s1. The molecule has 9 heteroatoms. The molecule has 3 rings (SSSR count). The minimum absolute atomic E-state index is 0.0223. The van der Waals surface area contributed by atoms with Gasteiger partial charge >= 0.3 is 0 Å². The average Bonchev–Trinajstić information content (AvgIpc) is 2.94. The number of aromatic nitrogens is 1. The quantitative estimate of drug-likeness (QED) is 0.412. The van der Waals surface area contributed by atoms with Crippen LogP contribution in [-0.2, 0) is 0 Å². The Morgan fingerprint density at radius 2 is 1.83 bits per heavy atom. The molecule has 0 fully saturated rings. The highest BCUT2D eigenvalue weighted by molar-refractivity contribution is 7.19. The predicted molar refractivity (Wildman–Crippen MR) is 90.9 cm³/mol. The van der Waals surface area contributed by atoms with Crippen molar-refractivity contribution in [3.8, 4) is 17.0 Å². The van der Waals surface area contributed by atoms with Gasteiger partial charge in [0.2, 0.25) is 0 Å². The van der Waals surface area contributed by atoms with E-state index >= 15 is 0 Å². The summed E-state index contributed by atoms with van der Waals surface area (Å²) in [7, 11) is 0. The van der Waals surface area contributed by atoms with E-state index in [9.17, 15) is 15.2 Å². The summed E-state index contributed by atoms with van der Waals surface area (Å²) in [5.74, 6) is 0.0644. The van der Waals surface area contributed by atoms with Gasteiger partial charge in [0.15, 0.2) is 10.1 Å². The van der Waals surface area contributed by atoms with Gasteiger partial charge in [0.05, 0.1) is 10.6 Å². The molecular weight excluding hydrogens is 330 g/mol. The molecule has 0 aliphatic carbocycles. The third kappa shape index (κ3) is 3.20. The maximum absolute atomic E-state index is 10.6. The first kappa shape index (κ1) is 15.6. The molecule has 0 unspecified atom stereocenters. The van der Waals surface area contributed by atoms with E-state index in [1.54, 1.807) is 24.3 Å². The molecule has 1 aromatic heterocycles. The Morgan fingerprint density at radius 3 is 2.50 bits per heavy atom. The third-order valence-corrected chi connectivity index (χ3v) is 3.87.